The standard InChI is InChI=1S/C14H18O2S/c1-3-11(2)17-10-13-7-5-4-6-12(13)8-9-14(15)16/h4-9,11H,3,10H2,1-2H3,(H,15,16). The van der Waals surface area contributed by atoms with Gasteiger partial charge in [-0.1, -0.05) is 38.1 Å². The maximum atomic E-state index is 10.5. The van der Waals surface area contributed by atoms with E-state index < -0.39 is 5.97 Å². The van der Waals surface area contributed by atoms with Crippen LogP contribution in [-0.2, 0) is 10.5 Å². The monoisotopic (exact) mass is 250 g/mol. The van der Waals surface area contributed by atoms with Crippen LogP contribution >= 0.6 is 11.8 Å². The van der Waals surface area contributed by atoms with Gasteiger partial charge in [-0.15, -0.1) is 0 Å². The van der Waals surface area contributed by atoms with Crippen molar-refractivity contribution in [3.05, 3.63) is 41.5 Å². The molecule has 3 heteroatoms. The minimum Gasteiger partial charge on any atom is -0.478 e. The van der Waals surface area contributed by atoms with E-state index in [0.717, 1.165) is 17.7 Å². The molecule has 1 aromatic rings. The van der Waals surface area contributed by atoms with Gasteiger partial charge in [-0.25, -0.2) is 4.79 Å². The maximum absolute atomic E-state index is 10.5. The molecule has 0 spiro atoms. The molecule has 0 aliphatic rings. The smallest absolute Gasteiger partial charge is 0.328 e. The van der Waals surface area contributed by atoms with E-state index in [1.165, 1.54) is 11.6 Å². The van der Waals surface area contributed by atoms with Crippen molar-refractivity contribution in [3.8, 4) is 0 Å². The first-order chi connectivity index (χ1) is 8.13. The van der Waals surface area contributed by atoms with Crippen LogP contribution in [0.15, 0.2) is 30.3 Å². The van der Waals surface area contributed by atoms with Crippen LogP contribution in [0, 0.1) is 0 Å². The number of benzene rings is 1. The summed E-state index contributed by atoms with van der Waals surface area (Å²) in [5.74, 6) is 0.0178. The van der Waals surface area contributed by atoms with Gasteiger partial charge in [0.25, 0.3) is 0 Å². The molecule has 0 aromatic heterocycles. The van der Waals surface area contributed by atoms with Crippen molar-refractivity contribution in [2.45, 2.75) is 31.3 Å². The molecule has 0 saturated heterocycles. The van der Waals surface area contributed by atoms with Gasteiger partial charge in [0.05, 0.1) is 0 Å². The van der Waals surface area contributed by atoms with Crippen LogP contribution in [0.3, 0.4) is 0 Å². The van der Waals surface area contributed by atoms with Gasteiger partial charge in [0.2, 0.25) is 0 Å². The van der Waals surface area contributed by atoms with E-state index >= 15 is 0 Å². The molecule has 2 nitrogen and oxygen atoms in total. The largest absolute Gasteiger partial charge is 0.478 e. The van der Waals surface area contributed by atoms with E-state index in [9.17, 15) is 4.79 Å². The molecule has 0 saturated carbocycles. The first kappa shape index (κ1) is 13.8. The maximum Gasteiger partial charge on any atom is 0.328 e. The van der Waals surface area contributed by atoms with Crippen LogP contribution in [-0.4, -0.2) is 16.3 Å². The number of hydrogen-bond acceptors (Lipinski definition) is 2. The van der Waals surface area contributed by atoms with E-state index in [1.807, 2.05) is 30.0 Å². The zero-order valence-electron chi connectivity index (χ0n) is 10.2. The van der Waals surface area contributed by atoms with Crippen molar-refractivity contribution in [1.82, 2.24) is 0 Å². The van der Waals surface area contributed by atoms with Crippen LogP contribution in [0.1, 0.15) is 31.4 Å². The fourth-order valence-corrected chi connectivity index (χ4v) is 2.30. The van der Waals surface area contributed by atoms with Crippen molar-refractivity contribution in [1.29, 1.82) is 0 Å². The van der Waals surface area contributed by atoms with Gasteiger partial charge in [0, 0.05) is 17.1 Å². The molecule has 0 bridgehead atoms. The van der Waals surface area contributed by atoms with Crippen molar-refractivity contribution in [2.24, 2.45) is 0 Å². The Hall–Kier alpha value is -1.22. The second-order valence-electron chi connectivity index (χ2n) is 3.90. The first-order valence-corrected chi connectivity index (χ1v) is 6.79. The number of carboxylic acid groups (broad SMARTS) is 1. The van der Waals surface area contributed by atoms with Crippen LogP contribution in [0.2, 0.25) is 0 Å². The zero-order chi connectivity index (χ0) is 12.7. The normalized spacial score (nSPS) is 12.8. The Balaban J connectivity index is 2.74. The quantitative estimate of drug-likeness (QED) is 0.780. The van der Waals surface area contributed by atoms with E-state index in [1.54, 1.807) is 6.08 Å². The highest BCUT2D eigenvalue weighted by Gasteiger charge is 2.03. The molecule has 0 aliphatic heterocycles. The number of hydrogen-bond donors (Lipinski definition) is 1. The van der Waals surface area contributed by atoms with Crippen LogP contribution < -0.4 is 0 Å². The fourth-order valence-electron chi connectivity index (χ4n) is 1.34. The lowest BCUT2D eigenvalue weighted by molar-refractivity contribution is -0.131. The predicted octanol–water partition coefficient (Wildman–Crippen LogP) is 3.82. The molecule has 0 radical (unpaired) electrons. The topological polar surface area (TPSA) is 37.3 Å². The molecule has 1 atom stereocenters. The molecule has 1 N–H and O–H groups in total. The first-order valence-electron chi connectivity index (χ1n) is 5.74. The summed E-state index contributed by atoms with van der Waals surface area (Å²) in [6, 6.07) is 7.92. The van der Waals surface area contributed by atoms with Crippen LogP contribution in [0.5, 0.6) is 0 Å². The number of thioether (sulfide) groups is 1. The Bertz CT molecular complexity index is 399. The van der Waals surface area contributed by atoms with Gasteiger partial charge in [0.15, 0.2) is 0 Å². The average Bonchev–Trinajstić information content (AvgIpc) is 2.34. The summed E-state index contributed by atoms with van der Waals surface area (Å²) in [5, 5.41) is 9.26. The number of carboxylic acids is 1. The number of carbonyl (C=O) groups is 1. The summed E-state index contributed by atoms with van der Waals surface area (Å²) in [5.41, 5.74) is 2.18. The Morgan fingerprint density at radius 2 is 2.18 bits per heavy atom. The van der Waals surface area contributed by atoms with Gasteiger partial charge in [-0.05, 0) is 23.6 Å². The molecule has 0 heterocycles. The van der Waals surface area contributed by atoms with Crippen molar-refractivity contribution in [3.63, 3.8) is 0 Å². The number of aliphatic carboxylic acids is 1. The van der Waals surface area contributed by atoms with Crippen molar-refractivity contribution < 1.29 is 9.90 Å². The molecule has 0 amide bonds. The molecular weight excluding hydrogens is 232 g/mol. The minimum absolute atomic E-state index is 0.631. The summed E-state index contributed by atoms with van der Waals surface area (Å²) in [6.07, 6.45) is 4.00. The predicted molar refractivity (Wildman–Crippen MR) is 74.2 cm³/mol. The van der Waals surface area contributed by atoms with E-state index in [0.29, 0.717) is 5.25 Å². The second kappa shape index (κ2) is 7.17. The lowest BCUT2D eigenvalue weighted by Crippen LogP contribution is -1.95. The second-order valence-corrected chi connectivity index (χ2v) is 5.33. The highest BCUT2D eigenvalue weighted by Crippen LogP contribution is 2.22. The summed E-state index contributed by atoms with van der Waals surface area (Å²) < 4.78 is 0. The zero-order valence-corrected chi connectivity index (χ0v) is 11.0. The third-order valence-corrected chi connectivity index (χ3v) is 3.94. The summed E-state index contributed by atoms with van der Waals surface area (Å²) in [6.45, 7) is 4.38. The summed E-state index contributed by atoms with van der Waals surface area (Å²) >= 11 is 1.90. The Labute approximate surface area is 107 Å². The third-order valence-electron chi connectivity index (χ3n) is 2.56. The molecule has 1 aromatic carbocycles. The Morgan fingerprint density at radius 3 is 2.82 bits per heavy atom. The third kappa shape index (κ3) is 5.09. The van der Waals surface area contributed by atoms with Crippen LogP contribution in [0.25, 0.3) is 6.08 Å². The molecule has 0 fully saturated rings. The van der Waals surface area contributed by atoms with Crippen LogP contribution in [0.4, 0.5) is 0 Å². The van der Waals surface area contributed by atoms with Gasteiger partial charge >= 0.3 is 5.97 Å². The average molecular weight is 250 g/mol. The lowest BCUT2D eigenvalue weighted by atomic mass is 10.1. The molecule has 17 heavy (non-hydrogen) atoms. The summed E-state index contributed by atoms with van der Waals surface area (Å²) in [7, 11) is 0. The Morgan fingerprint density at radius 1 is 1.47 bits per heavy atom. The van der Waals surface area contributed by atoms with Gasteiger partial charge < -0.3 is 5.11 Å². The van der Waals surface area contributed by atoms with Gasteiger partial charge in [-0.2, -0.15) is 11.8 Å². The molecule has 0 aliphatic carbocycles. The molecule has 1 rings (SSSR count). The fraction of sp³-hybridized carbons (Fsp3) is 0.357. The molecule has 1 unspecified atom stereocenters. The minimum atomic E-state index is -0.908. The highest BCUT2D eigenvalue weighted by atomic mass is 32.2. The SMILES string of the molecule is CCC(C)SCc1ccccc1C=CC(=O)O. The summed E-state index contributed by atoms with van der Waals surface area (Å²) in [4.78, 5) is 10.5. The van der Waals surface area contributed by atoms with Crippen molar-refractivity contribution >= 4 is 23.8 Å². The molecular formula is C14H18O2S. The van der Waals surface area contributed by atoms with Gasteiger partial charge in [0.1, 0.15) is 0 Å². The van der Waals surface area contributed by atoms with E-state index in [-0.39, 0.29) is 0 Å². The highest BCUT2D eigenvalue weighted by molar-refractivity contribution is 7.99. The van der Waals surface area contributed by atoms with E-state index in [2.05, 4.69) is 19.9 Å². The van der Waals surface area contributed by atoms with E-state index in [4.69, 9.17) is 5.11 Å². The van der Waals surface area contributed by atoms with Crippen molar-refractivity contribution in [2.75, 3.05) is 0 Å². The van der Waals surface area contributed by atoms with Gasteiger partial charge in [-0.3, -0.25) is 0 Å². The lowest BCUT2D eigenvalue weighted by Gasteiger charge is -2.10. The Kier molecular flexibility index (Phi) is 5.84. The number of rotatable bonds is 6. The molecule has 92 valence electrons.